The van der Waals surface area contributed by atoms with Gasteiger partial charge in [-0.2, -0.15) is 4.37 Å². The predicted octanol–water partition coefficient (Wildman–Crippen LogP) is 3.30. The van der Waals surface area contributed by atoms with Crippen LogP contribution in [0.2, 0.25) is 0 Å². The Morgan fingerprint density at radius 1 is 1.05 bits per heavy atom. The van der Waals surface area contributed by atoms with Gasteiger partial charge in [0.15, 0.2) is 0 Å². The number of hydrogen-bond acceptors (Lipinski definition) is 5. The summed E-state index contributed by atoms with van der Waals surface area (Å²) in [5.41, 5.74) is 2.71. The Morgan fingerprint density at radius 2 is 1.71 bits per heavy atom. The molecule has 1 aromatic carbocycles. The summed E-state index contributed by atoms with van der Waals surface area (Å²) in [5, 5.41) is 1.07. The fraction of sp³-hybridized carbons (Fsp3) is 0.500. The highest BCUT2D eigenvalue weighted by Gasteiger charge is 2.21. The van der Waals surface area contributed by atoms with E-state index in [0.717, 1.165) is 37.1 Å². The Bertz CT molecular complexity index is 600. The molecule has 1 aromatic heterocycles. The minimum absolute atomic E-state index is 0.406. The summed E-state index contributed by atoms with van der Waals surface area (Å²) < 4.78 is 4.46. The van der Waals surface area contributed by atoms with Crippen molar-refractivity contribution in [2.45, 2.75) is 26.7 Å². The van der Waals surface area contributed by atoms with Gasteiger partial charge in [0.25, 0.3) is 0 Å². The van der Waals surface area contributed by atoms with Crippen LogP contribution in [0.5, 0.6) is 0 Å². The van der Waals surface area contributed by atoms with E-state index in [1.54, 1.807) is 0 Å². The molecule has 1 aliphatic heterocycles. The zero-order chi connectivity index (χ0) is 14.8. The Morgan fingerprint density at radius 3 is 2.33 bits per heavy atom. The van der Waals surface area contributed by atoms with E-state index in [2.05, 4.69) is 64.2 Å². The van der Waals surface area contributed by atoms with Crippen LogP contribution in [0.15, 0.2) is 24.3 Å². The van der Waals surface area contributed by atoms with Crippen molar-refractivity contribution in [3.05, 3.63) is 35.7 Å². The van der Waals surface area contributed by atoms with E-state index in [-0.39, 0.29) is 0 Å². The number of rotatable bonds is 3. The van der Waals surface area contributed by atoms with Gasteiger partial charge in [-0.05, 0) is 18.6 Å². The van der Waals surface area contributed by atoms with E-state index >= 15 is 0 Å². The normalized spacial score (nSPS) is 15.8. The minimum Gasteiger partial charge on any atom is -0.368 e. The lowest BCUT2D eigenvalue weighted by molar-refractivity contribution is 0.649. The molecule has 4 nitrogen and oxygen atoms in total. The third-order valence-corrected chi connectivity index (χ3v) is 4.74. The molecule has 1 aliphatic rings. The van der Waals surface area contributed by atoms with Gasteiger partial charge in [0.2, 0.25) is 5.13 Å². The molecule has 0 atom stereocenters. The molecule has 0 unspecified atom stereocenters. The third-order valence-electron chi connectivity index (χ3n) is 3.95. The first-order valence-electron chi connectivity index (χ1n) is 7.54. The molecule has 21 heavy (non-hydrogen) atoms. The molecule has 3 rings (SSSR count). The van der Waals surface area contributed by atoms with Crippen molar-refractivity contribution in [3.63, 3.8) is 0 Å². The van der Waals surface area contributed by atoms with Gasteiger partial charge in [-0.3, -0.25) is 0 Å². The summed E-state index contributed by atoms with van der Waals surface area (Å²) >= 11 is 1.53. The monoisotopic (exact) mass is 302 g/mol. The molecule has 0 amide bonds. The van der Waals surface area contributed by atoms with Crippen LogP contribution in [0.4, 0.5) is 10.8 Å². The van der Waals surface area contributed by atoms with Gasteiger partial charge in [-0.15, -0.1) is 0 Å². The van der Waals surface area contributed by atoms with Crippen molar-refractivity contribution < 1.29 is 0 Å². The van der Waals surface area contributed by atoms with Gasteiger partial charge in [0.05, 0.1) is 0 Å². The van der Waals surface area contributed by atoms with Crippen molar-refractivity contribution in [2.75, 3.05) is 36.0 Å². The molecule has 2 aromatic rings. The number of nitrogens with zero attached hydrogens (tertiary/aromatic N) is 4. The second kappa shape index (κ2) is 6.02. The number of piperazine rings is 1. The van der Waals surface area contributed by atoms with Crippen molar-refractivity contribution in [1.29, 1.82) is 0 Å². The second-order valence-electron chi connectivity index (χ2n) is 5.85. The molecular formula is C16H22N4S. The average molecular weight is 302 g/mol. The molecule has 5 heteroatoms. The number of para-hydroxylation sites is 1. The summed E-state index contributed by atoms with van der Waals surface area (Å²) in [6.07, 6.45) is 0. The average Bonchev–Trinajstić information content (AvgIpc) is 2.98. The highest BCUT2D eigenvalue weighted by Crippen LogP contribution is 2.25. The van der Waals surface area contributed by atoms with Crippen LogP contribution in [0, 0.1) is 6.92 Å². The van der Waals surface area contributed by atoms with E-state index in [4.69, 9.17) is 0 Å². The predicted molar refractivity (Wildman–Crippen MR) is 89.6 cm³/mol. The molecule has 0 N–H and O–H groups in total. The van der Waals surface area contributed by atoms with Gasteiger partial charge >= 0.3 is 0 Å². The zero-order valence-electron chi connectivity index (χ0n) is 12.9. The molecule has 112 valence electrons. The van der Waals surface area contributed by atoms with E-state index in [1.165, 1.54) is 22.8 Å². The van der Waals surface area contributed by atoms with E-state index in [1.807, 2.05) is 0 Å². The smallest absolute Gasteiger partial charge is 0.205 e. The van der Waals surface area contributed by atoms with Gasteiger partial charge in [0.1, 0.15) is 5.82 Å². The summed E-state index contributed by atoms with van der Waals surface area (Å²) in [7, 11) is 0. The lowest BCUT2D eigenvalue weighted by Crippen LogP contribution is -2.46. The van der Waals surface area contributed by atoms with Gasteiger partial charge in [-0.1, -0.05) is 32.0 Å². The maximum absolute atomic E-state index is 4.66. The first-order chi connectivity index (χ1) is 10.1. The lowest BCUT2D eigenvalue weighted by Gasteiger charge is -2.36. The van der Waals surface area contributed by atoms with Gasteiger partial charge in [-0.25, -0.2) is 4.98 Å². The first-order valence-corrected chi connectivity index (χ1v) is 8.31. The minimum atomic E-state index is 0.406. The van der Waals surface area contributed by atoms with Crippen LogP contribution < -0.4 is 9.80 Å². The topological polar surface area (TPSA) is 32.3 Å². The third kappa shape index (κ3) is 3.02. The van der Waals surface area contributed by atoms with Crippen LogP contribution in [0.3, 0.4) is 0 Å². The van der Waals surface area contributed by atoms with Gasteiger partial charge in [0, 0.05) is 49.3 Å². The maximum Gasteiger partial charge on any atom is 0.205 e. The van der Waals surface area contributed by atoms with Crippen molar-refractivity contribution in [2.24, 2.45) is 0 Å². The zero-order valence-corrected chi connectivity index (χ0v) is 13.7. The maximum atomic E-state index is 4.66. The summed E-state index contributed by atoms with van der Waals surface area (Å²) in [6, 6.07) is 8.62. The molecule has 1 saturated heterocycles. The summed E-state index contributed by atoms with van der Waals surface area (Å²) in [6.45, 7) is 10.6. The Balaban J connectivity index is 1.66. The van der Waals surface area contributed by atoms with Gasteiger partial charge < -0.3 is 9.80 Å². The largest absolute Gasteiger partial charge is 0.368 e. The van der Waals surface area contributed by atoms with Crippen molar-refractivity contribution >= 4 is 22.4 Å². The molecule has 1 fully saturated rings. The van der Waals surface area contributed by atoms with E-state index in [0.29, 0.717) is 5.92 Å². The number of hydrogen-bond donors (Lipinski definition) is 0. The van der Waals surface area contributed by atoms with Crippen molar-refractivity contribution in [3.8, 4) is 0 Å². The molecule has 0 saturated carbocycles. The highest BCUT2D eigenvalue weighted by molar-refractivity contribution is 7.09. The number of anilines is 2. The van der Waals surface area contributed by atoms with E-state index in [9.17, 15) is 0 Å². The molecule has 2 heterocycles. The Hall–Kier alpha value is -1.62. The molecular weight excluding hydrogens is 280 g/mol. The van der Waals surface area contributed by atoms with Crippen LogP contribution in [-0.4, -0.2) is 35.5 Å². The lowest BCUT2D eigenvalue weighted by atomic mass is 10.1. The molecule has 0 aliphatic carbocycles. The van der Waals surface area contributed by atoms with Crippen LogP contribution in [0.1, 0.15) is 31.2 Å². The standard InChI is InChI=1S/C16H22N4S/c1-12(2)15-17-16(21-18-15)20-10-8-19(9-11-20)14-7-5-4-6-13(14)3/h4-7,12H,8-11H2,1-3H3. The first kappa shape index (κ1) is 14.3. The number of benzene rings is 1. The fourth-order valence-corrected chi connectivity index (χ4v) is 3.51. The second-order valence-corrected chi connectivity index (χ2v) is 6.58. The quantitative estimate of drug-likeness (QED) is 0.871. The summed E-state index contributed by atoms with van der Waals surface area (Å²) in [5.74, 6) is 1.37. The SMILES string of the molecule is Cc1ccccc1N1CCN(c2nc(C(C)C)ns2)CC1. The Labute approximate surface area is 130 Å². The van der Waals surface area contributed by atoms with E-state index < -0.39 is 0 Å². The van der Waals surface area contributed by atoms with Crippen LogP contribution in [-0.2, 0) is 0 Å². The number of aromatic nitrogens is 2. The van der Waals surface area contributed by atoms with Crippen LogP contribution in [0.25, 0.3) is 0 Å². The van der Waals surface area contributed by atoms with Crippen LogP contribution >= 0.6 is 11.5 Å². The van der Waals surface area contributed by atoms with Crippen molar-refractivity contribution in [1.82, 2.24) is 9.36 Å². The number of aryl methyl sites for hydroxylation is 1. The molecule has 0 radical (unpaired) electrons. The fourth-order valence-electron chi connectivity index (χ4n) is 2.65. The molecule has 0 bridgehead atoms. The Kier molecular flexibility index (Phi) is 4.10. The summed E-state index contributed by atoms with van der Waals surface area (Å²) in [4.78, 5) is 9.49. The highest BCUT2D eigenvalue weighted by atomic mass is 32.1. The molecule has 0 spiro atoms.